The van der Waals surface area contributed by atoms with Crippen LogP contribution in [0.3, 0.4) is 0 Å². The standard InChI is InChI=1S/C9H6BrF3O3/c10-4-5-2-1-3-6(8(14)15)7(5)16-9(11,12)13/h1-3H,4H2,(H,14,15). The van der Waals surface area contributed by atoms with Crippen molar-refractivity contribution in [2.75, 3.05) is 0 Å². The number of halogens is 4. The molecule has 0 aromatic heterocycles. The first-order chi connectivity index (χ1) is 7.35. The number of hydrogen-bond donors (Lipinski definition) is 1. The van der Waals surface area contributed by atoms with Gasteiger partial charge in [0.15, 0.2) is 0 Å². The summed E-state index contributed by atoms with van der Waals surface area (Å²) in [5.74, 6) is -2.15. The number of para-hydroxylation sites is 1. The molecule has 0 atom stereocenters. The normalized spacial score (nSPS) is 11.2. The van der Waals surface area contributed by atoms with Crippen LogP contribution in [0.2, 0.25) is 0 Å². The van der Waals surface area contributed by atoms with E-state index in [-0.39, 0.29) is 10.9 Å². The van der Waals surface area contributed by atoms with Gasteiger partial charge in [-0.25, -0.2) is 4.79 Å². The van der Waals surface area contributed by atoms with Crippen LogP contribution >= 0.6 is 15.9 Å². The molecule has 0 unspecified atom stereocenters. The van der Waals surface area contributed by atoms with Crippen LogP contribution in [0.4, 0.5) is 13.2 Å². The zero-order valence-electron chi connectivity index (χ0n) is 7.71. The Morgan fingerprint density at radius 1 is 1.44 bits per heavy atom. The van der Waals surface area contributed by atoms with Crippen LogP contribution in [-0.2, 0) is 5.33 Å². The fourth-order valence-electron chi connectivity index (χ4n) is 1.09. The second-order valence-electron chi connectivity index (χ2n) is 2.78. The van der Waals surface area contributed by atoms with Crippen molar-refractivity contribution in [2.45, 2.75) is 11.7 Å². The van der Waals surface area contributed by atoms with E-state index in [2.05, 4.69) is 20.7 Å². The second-order valence-corrected chi connectivity index (χ2v) is 3.34. The van der Waals surface area contributed by atoms with E-state index < -0.39 is 23.6 Å². The maximum absolute atomic E-state index is 12.1. The van der Waals surface area contributed by atoms with Gasteiger partial charge in [-0.05, 0) is 6.07 Å². The van der Waals surface area contributed by atoms with Crippen LogP contribution in [0, 0.1) is 0 Å². The minimum absolute atomic E-state index is 0.0690. The van der Waals surface area contributed by atoms with Crippen LogP contribution in [0.1, 0.15) is 15.9 Å². The van der Waals surface area contributed by atoms with Crippen molar-refractivity contribution in [1.82, 2.24) is 0 Å². The molecule has 0 spiro atoms. The highest BCUT2D eigenvalue weighted by Gasteiger charge is 2.34. The van der Waals surface area contributed by atoms with Gasteiger partial charge < -0.3 is 9.84 Å². The number of alkyl halides is 4. The van der Waals surface area contributed by atoms with E-state index >= 15 is 0 Å². The number of carboxylic acids is 1. The fourth-order valence-corrected chi connectivity index (χ4v) is 1.54. The Labute approximate surface area is 97.0 Å². The van der Waals surface area contributed by atoms with Gasteiger partial charge in [0.05, 0.1) is 0 Å². The number of carbonyl (C=O) groups is 1. The van der Waals surface area contributed by atoms with E-state index in [9.17, 15) is 18.0 Å². The topological polar surface area (TPSA) is 46.5 Å². The molecule has 3 nitrogen and oxygen atoms in total. The Bertz CT molecular complexity index is 403. The summed E-state index contributed by atoms with van der Waals surface area (Å²) in [6.45, 7) is 0. The second kappa shape index (κ2) is 4.73. The lowest BCUT2D eigenvalue weighted by Crippen LogP contribution is -2.20. The molecule has 0 amide bonds. The van der Waals surface area contributed by atoms with Gasteiger partial charge in [-0.2, -0.15) is 0 Å². The zero-order valence-corrected chi connectivity index (χ0v) is 9.30. The van der Waals surface area contributed by atoms with Gasteiger partial charge in [-0.3, -0.25) is 0 Å². The minimum Gasteiger partial charge on any atom is -0.478 e. The summed E-state index contributed by atoms with van der Waals surface area (Å²) >= 11 is 2.96. The molecular weight excluding hydrogens is 293 g/mol. The van der Waals surface area contributed by atoms with Gasteiger partial charge in [-0.15, -0.1) is 13.2 Å². The van der Waals surface area contributed by atoms with E-state index in [0.29, 0.717) is 0 Å². The SMILES string of the molecule is O=C(O)c1cccc(CBr)c1OC(F)(F)F. The van der Waals surface area contributed by atoms with Gasteiger partial charge in [0.2, 0.25) is 0 Å². The highest BCUT2D eigenvalue weighted by molar-refractivity contribution is 9.08. The van der Waals surface area contributed by atoms with Crippen molar-refractivity contribution in [1.29, 1.82) is 0 Å². The Hall–Kier alpha value is -1.24. The summed E-state index contributed by atoms with van der Waals surface area (Å²) in [6, 6.07) is 3.75. The van der Waals surface area contributed by atoms with E-state index in [1.165, 1.54) is 12.1 Å². The van der Waals surface area contributed by atoms with Crippen LogP contribution in [-0.4, -0.2) is 17.4 Å². The maximum Gasteiger partial charge on any atom is 0.573 e. The van der Waals surface area contributed by atoms with Crippen LogP contribution in [0.15, 0.2) is 18.2 Å². The van der Waals surface area contributed by atoms with Crippen molar-refractivity contribution in [3.8, 4) is 5.75 Å². The molecule has 1 rings (SSSR count). The van der Waals surface area contributed by atoms with Crippen molar-refractivity contribution in [2.24, 2.45) is 0 Å². The van der Waals surface area contributed by atoms with Gasteiger partial charge >= 0.3 is 12.3 Å². The Kier molecular flexibility index (Phi) is 3.79. The number of carboxylic acid groups (broad SMARTS) is 1. The first-order valence-electron chi connectivity index (χ1n) is 4.02. The quantitative estimate of drug-likeness (QED) is 0.872. The summed E-state index contributed by atoms with van der Waals surface area (Å²) in [6.07, 6.45) is -4.91. The Balaban J connectivity index is 3.25. The molecule has 0 aliphatic carbocycles. The number of benzene rings is 1. The lowest BCUT2D eigenvalue weighted by Gasteiger charge is -2.14. The van der Waals surface area contributed by atoms with Crippen LogP contribution in [0.5, 0.6) is 5.75 Å². The monoisotopic (exact) mass is 298 g/mol. The number of ether oxygens (including phenoxy) is 1. The van der Waals surface area contributed by atoms with E-state index in [4.69, 9.17) is 5.11 Å². The highest BCUT2D eigenvalue weighted by atomic mass is 79.9. The third-order valence-corrected chi connectivity index (χ3v) is 2.29. The number of hydrogen-bond acceptors (Lipinski definition) is 2. The molecule has 1 N–H and O–H groups in total. The van der Waals surface area contributed by atoms with Crippen molar-refractivity contribution in [3.63, 3.8) is 0 Å². The summed E-state index contributed by atoms with van der Waals surface area (Å²) in [5.41, 5.74) is -0.397. The summed E-state index contributed by atoms with van der Waals surface area (Å²) < 4.78 is 39.9. The molecule has 0 saturated heterocycles. The van der Waals surface area contributed by atoms with Gasteiger partial charge in [0, 0.05) is 10.9 Å². The van der Waals surface area contributed by atoms with Crippen molar-refractivity contribution in [3.05, 3.63) is 29.3 Å². The molecule has 88 valence electrons. The average molecular weight is 299 g/mol. The summed E-state index contributed by atoms with van der Waals surface area (Å²) in [4.78, 5) is 10.7. The number of aromatic carboxylic acids is 1. The van der Waals surface area contributed by atoms with E-state index in [1.54, 1.807) is 0 Å². The first-order valence-corrected chi connectivity index (χ1v) is 5.14. The summed E-state index contributed by atoms with van der Waals surface area (Å²) in [7, 11) is 0. The van der Waals surface area contributed by atoms with E-state index in [0.717, 1.165) is 6.07 Å². The molecule has 0 saturated carbocycles. The van der Waals surface area contributed by atoms with Gasteiger partial charge in [-0.1, -0.05) is 28.1 Å². The fraction of sp³-hybridized carbons (Fsp3) is 0.222. The zero-order chi connectivity index (χ0) is 12.3. The van der Waals surface area contributed by atoms with Crippen molar-refractivity contribution < 1.29 is 27.8 Å². The first kappa shape index (κ1) is 12.8. The number of rotatable bonds is 3. The molecule has 1 aromatic rings. The lowest BCUT2D eigenvalue weighted by molar-refractivity contribution is -0.275. The predicted octanol–water partition coefficient (Wildman–Crippen LogP) is 3.18. The molecule has 0 aliphatic heterocycles. The Morgan fingerprint density at radius 2 is 2.06 bits per heavy atom. The highest BCUT2D eigenvalue weighted by Crippen LogP contribution is 2.31. The van der Waals surface area contributed by atoms with Crippen LogP contribution in [0.25, 0.3) is 0 Å². The predicted molar refractivity (Wildman–Crippen MR) is 52.7 cm³/mol. The average Bonchev–Trinajstić information content (AvgIpc) is 2.15. The van der Waals surface area contributed by atoms with Crippen molar-refractivity contribution >= 4 is 21.9 Å². The van der Waals surface area contributed by atoms with Gasteiger partial charge in [0.1, 0.15) is 11.3 Å². The smallest absolute Gasteiger partial charge is 0.478 e. The molecule has 0 radical (unpaired) electrons. The molecule has 16 heavy (non-hydrogen) atoms. The molecule has 0 fully saturated rings. The molecule has 0 bridgehead atoms. The molecule has 7 heteroatoms. The molecule has 1 aromatic carbocycles. The molecule has 0 aliphatic rings. The van der Waals surface area contributed by atoms with Crippen LogP contribution < -0.4 is 4.74 Å². The molecule has 0 heterocycles. The largest absolute Gasteiger partial charge is 0.573 e. The third-order valence-electron chi connectivity index (χ3n) is 1.69. The lowest BCUT2D eigenvalue weighted by atomic mass is 10.1. The van der Waals surface area contributed by atoms with E-state index in [1.807, 2.05) is 0 Å². The third kappa shape index (κ3) is 3.13. The minimum atomic E-state index is -4.91. The maximum atomic E-state index is 12.1. The Morgan fingerprint density at radius 3 is 2.50 bits per heavy atom. The summed E-state index contributed by atoms with van der Waals surface area (Å²) in [5, 5.41) is 8.79. The molecular formula is C9H6BrF3O3. The van der Waals surface area contributed by atoms with Gasteiger partial charge in [0.25, 0.3) is 0 Å².